The van der Waals surface area contributed by atoms with Crippen molar-refractivity contribution in [1.29, 1.82) is 0 Å². The Kier molecular flexibility index (Phi) is 8.69. The van der Waals surface area contributed by atoms with Crippen molar-refractivity contribution in [1.82, 2.24) is 10.0 Å². The zero-order valence-electron chi connectivity index (χ0n) is 16.9. The fourth-order valence-corrected chi connectivity index (χ4v) is 4.78. The molecule has 2 aliphatic rings. The van der Waals surface area contributed by atoms with Gasteiger partial charge in [0.1, 0.15) is 0 Å². The first-order valence-electron chi connectivity index (χ1n) is 10.0. The molecule has 2 fully saturated rings. The van der Waals surface area contributed by atoms with Crippen molar-refractivity contribution in [2.45, 2.75) is 50.2 Å². The number of carboxylic acid groups (broad SMARTS) is 1. The third-order valence-corrected chi connectivity index (χ3v) is 6.21. The second-order valence-corrected chi connectivity index (χ2v) is 9.80. The summed E-state index contributed by atoms with van der Waals surface area (Å²) >= 11 is 0. The van der Waals surface area contributed by atoms with E-state index in [-0.39, 0.29) is 6.04 Å². The van der Waals surface area contributed by atoms with Crippen molar-refractivity contribution in [3.63, 3.8) is 0 Å². The zero-order chi connectivity index (χ0) is 22.4. The maximum Gasteiger partial charge on any atom is 0.490 e. The van der Waals surface area contributed by atoms with Crippen LogP contribution in [0.1, 0.15) is 43.6 Å². The number of nitrogens with one attached hydrogen (secondary N) is 2. The highest BCUT2D eigenvalue weighted by molar-refractivity contribution is 7.88. The molecule has 170 valence electrons. The van der Waals surface area contributed by atoms with Crippen molar-refractivity contribution in [3.8, 4) is 0 Å². The number of benzene rings is 1. The van der Waals surface area contributed by atoms with E-state index in [1.165, 1.54) is 24.7 Å². The van der Waals surface area contributed by atoms with Crippen molar-refractivity contribution in [3.05, 3.63) is 35.9 Å². The number of hydrogen-bond acceptors (Lipinski definition) is 4. The summed E-state index contributed by atoms with van der Waals surface area (Å²) in [7, 11) is -3.11. The van der Waals surface area contributed by atoms with Crippen LogP contribution >= 0.6 is 0 Å². The zero-order valence-corrected chi connectivity index (χ0v) is 17.7. The minimum atomic E-state index is -5.08. The molecule has 2 saturated carbocycles. The summed E-state index contributed by atoms with van der Waals surface area (Å²) in [5, 5.41) is 10.7. The van der Waals surface area contributed by atoms with Gasteiger partial charge in [-0.1, -0.05) is 43.2 Å². The lowest BCUT2D eigenvalue weighted by Gasteiger charge is -2.31. The van der Waals surface area contributed by atoms with Gasteiger partial charge in [0, 0.05) is 6.04 Å². The summed E-state index contributed by atoms with van der Waals surface area (Å²) in [6.45, 7) is 1.97. The lowest BCUT2D eigenvalue weighted by atomic mass is 9.85. The van der Waals surface area contributed by atoms with Gasteiger partial charge in [0.15, 0.2) is 0 Å². The van der Waals surface area contributed by atoms with Gasteiger partial charge in [0.25, 0.3) is 0 Å². The monoisotopic (exact) mass is 450 g/mol. The Morgan fingerprint density at radius 2 is 1.67 bits per heavy atom. The first-order chi connectivity index (χ1) is 14.0. The summed E-state index contributed by atoms with van der Waals surface area (Å²) in [6, 6.07) is 10.8. The molecular weight excluding hydrogens is 421 g/mol. The van der Waals surface area contributed by atoms with Gasteiger partial charge in [-0.05, 0) is 55.7 Å². The lowest BCUT2D eigenvalue weighted by molar-refractivity contribution is -0.192. The highest BCUT2D eigenvalue weighted by Gasteiger charge is 2.38. The molecule has 4 atom stereocenters. The second kappa shape index (κ2) is 10.6. The van der Waals surface area contributed by atoms with Gasteiger partial charge in [0.2, 0.25) is 10.0 Å². The third-order valence-electron chi connectivity index (χ3n) is 5.48. The molecule has 0 heterocycles. The van der Waals surface area contributed by atoms with Crippen molar-refractivity contribution in [2.75, 3.05) is 19.3 Å². The molecule has 3 N–H and O–H groups in total. The highest BCUT2D eigenvalue weighted by Crippen LogP contribution is 2.46. The number of carboxylic acids is 1. The van der Waals surface area contributed by atoms with Crippen LogP contribution in [0.4, 0.5) is 13.2 Å². The number of rotatable bonds is 7. The van der Waals surface area contributed by atoms with Gasteiger partial charge < -0.3 is 10.4 Å². The van der Waals surface area contributed by atoms with E-state index in [1.807, 2.05) is 0 Å². The molecular formula is C20H29F3N2O4S. The largest absolute Gasteiger partial charge is 0.490 e. The fourth-order valence-electron chi connectivity index (χ4n) is 3.92. The highest BCUT2D eigenvalue weighted by atomic mass is 32.2. The van der Waals surface area contributed by atoms with E-state index in [2.05, 4.69) is 40.4 Å². The Hall–Kier alpha value is -1.65. The molecule has 1 aromatic carbocycles. The summed E-state index contributed by atoms with van der Waals surface area (Å²) in [5.74, 6) is -0.887. The molecule has 1 aromatic rings. The third kappa shape index (κ3) is 8.61. The Labute approximate surface area is 175 Å². The van der Waals surface area contributed by atoms with Crippen LogP contribution in [0.5, 0.6) is 0 Å². The summed E-state index contributed by atoms with van der Waals surface area (Å²) in [5.41, 5.74) is 1.45. The number of aliphatic carboxylic acids is 1. The van der Waals surface area contributed by atoms with Gasteiger partial charge in [-0.2, -0.15) is 13.2 Å². The second-order valence-electron chi connectivity index (χ2n) is 8.02. The number of carbonyl (C=O) groups is 1. The first kappa shape index (κ1) is 24.6. The molecule has 10 heteroatoms. The van der Waals surface area contributed by atoms with Gasteiger partial charge in [-0.25, -0.2) is 17.9 Å². The van der Waals surface area contributed by atoms with E-state index in [0.717, 1.165) is 38.3 Å². The Morgan fingerprint density at radius 1 is 1.10 bits per heavy atom. The average molecular weight is 451 g/mol. The molecule has 4 unspecified atom stereocenters. The molecule has 0 radical (unpaired) electrons. The van der Waals surface area contributed by atoms with Crippen LogP contribution in [-0.2, 0) is 14.8 Å². The predicted molar refractivity (Wildman–Crippen MR) is 108 cm³/mol. The van der Waals surface area contributed by atoms with Crippen molar-refractivity contribution in [2.24, 2.45) is 11.8 Å². The van der Waals surface area contributed by atoms with E-state index in [4.69, 9.17) is 9.90 Å². The van der Waals surface area contributed by atoms with Crippen LogP contribution in [0.15, 0.2) is 30.3 Å². The van der Waals surface area contributed by atoms with Crippen LogP contribution in [0.25, 0.3) is 0 Å². The predicted octanol–water partition coefficient (Wildman–Crippen LogP) is 3.12. The Balaban J connectivity index is 0.000000396. The van der Waals surface area contributed by atoms with Crippen LogP contribution in [0, 0.1) is 11.8 Å². The maximum atomic E-state index is 11.5. The topological polar surface area (TPSA) is 95.5 Å². The molecule has 3 rings (SSSR count). The normalized spacial score (nSPS) is 26.4. The minimum Gasteiger partial charge on any atom is -0.475 e. The maximum absolute atomic E-state index is 11.5. The quantitative estimate of drug-likeness (QED) is 0.593. The number of hydrogen-bond donors (Lipinski definition) is 3. The van der Waals surface area contributed by atoms with E-state index in [9.17, 15) is 21.6 Å². The number of sulfonamides is 1. The van der Waals surface area contributed by atoms with Crippen LogP contribution in [0.3, 0.4) is 0 Å². The standard InChI is InChI=1S/C18H28N2O2S.C2HF3O2/c1-23(21,22)20-18-10-6-5-9-15(18)12-19-13-16-11-17(16)14-7-3-2-4-8-14;3-2(4,5)1(6)7/h2-4,7-8,15-20H,5-6,9-13H2,1H3;(H,6,7). The van der Waals surface area contributed by atoms with Gasteiger partial charge in [0.05, 0.1) is 6.26 Å². The SMILES string of the molecule is CS(=O)(=O)NC1CCCCC1CNCC1CC1c1ccccc1.O=C(O)C(F)(F)F. The molecule has 0 bridgehead atoms. The smallest absolute Gasteiger partial charge is 0.475 e. The molecule has 30 heavy (non-hydrogen) atoms. The van der Waals surface area contributed by atoms with Crippen LogP contribution in [-0.4, -0.2) is 51.1 Å². The van der Waals surface area contributed by atoms with E-state index in [1.54, 1.807) is 0 Å². The Morgan fingerprint density at radius 3 is 2.23 bits per heavy atom. The van der Waals surface area contributed by atoms with Crippen LogP contribution in [0.2, 0.25) is 0 Å². The van der Waals surface area contributed by atoms with Crippen LogP contribution < -0.4 is 10.0 Å². The molecule has 2 aliphatic carbocycles. The molecule has 0 amide bonds. The average Bonchev–Trinajstić information content (AvgIpc) is 3.42. The van der Waals surface area contributed by atoms with E-state index >= 15 is 0 Å². The number of alkyl halides is 3. The van der Waals surface area contributed by atoms with Gasteiger partial charge in [-0.3, -0.25) is 0 Å². The molecule has 0 aromatic heterocycles. The van der Waals surface area contributed by atoms with Gasteiger partial charge >= 0.3 is 12.1 Å². The molecule has 0 saturated heterocycles. The van der Waals surface area contributed by atoms with E-state index in [0.29, 0.717) is 11.8 Å². The lowest BCUT2D eigenvalue weighted by Crippen LogP contribution is -2.45. The molecule has 6 nitrogen and oxygen atoms in total. The van der Waals surface area contributed by atoms with E-state index < -0.39 is 22.2 Å². The summed E-state index contributed by atoms with van der Waals surface area (Å²) < 4.78 is 57.6. The molecule has 0 aliphatic heterocycles. The van der Waals surface area contributed by atoms with Gasteiger partial charge in [-0.15, -0.1) is 0 Å². The molecule has 0 spiro atoms. The fraction of sp³-hybridized carbons (Fsp3) is 0.650. The van der Waals surface area contributed by atoms with Crippen molar-refractivity contribution >= 4 is 16.0 Å². The first-order valence-corrected chi connectivity index (χ1v) is 11.9. The number of halogens is 3. The minimum absolute atomic E-state index is 0.107. The van der Waals surface area contributed by atoms with Crippen molar-refractivity contribution < 1.29 is 31.5 Å². The summed E-state index contributed by atoms with van der Waals surface area (Å²) in [6.07, 6.45) is 1.88. The Bertz CT molecular complexity index is 787. The summed E-state index contributed by atoms with van der Waals surface area (Å²) in [4.78, 5) is 8.90.